The van der Waals surface area contributed by atoms with E-state index < -0.39 is 0 Å². The van der Waals surface area contributed by atoms with Crippen molar-refractivity contribution in [1.29, 1.82) is 5.26 Å². The Balaban J connectivity index is 2.12. The molecule has 5 heteroatoms. The first-order valence-corrected chi connectivity index (χ1v) is 6.12. The van der Waals surface area contributed by atoms with Gasteiger partial charge in [-0.05, 0) is 23.8 Å². The van der Waals surface area contributed by atoms with Crippen molar-refractivity contribution in [2.45, 2.75) is 6.54 Å². The molecule has 19 heavy (non-hydrogen) atoms. The summed E-state index contributed by atoms with van der Waals surface area (Å²) in [6, 6.07) is 13.3. The average molecular weight is 269 g/mol. The lowest BCUT2D eigenvalue weighted by molar-refractivity contribution is 0.701. The number of nitrogens with zero attached hydrogens (tertiary/aromatic N) is 4. The van der Waals surface area contributed by atoms with E-state index in [0.29, 0.717) is 22.9 Å². The van der Waals surface area contributed by atoms with Crippen molar-refractivity contribution >= 4 is 22.6 Å². The van der Waals surface area contributed by atoms with Crippen LogP contribution < -0.4 is 0 Å². The lowest BCUT2D eigenvalue weighted by Crippen LogP contribution is -2.03. The Labute approximate surface area is 114 Å². The highest BCUT2D eigenvalue weighted by molar-refractivity contribution is 6.31. The third-order valence-electron chi connectivity index (χ3n) is 2.89. The molecule has 4 nitrogen and oxygen atoms in total. The van der Waals surface area contributed by atoms with Crippen LogP contribution in [0.1, 0.15) is 11.3 Å². The van der Waals surface area contributed by atoms with Crippen molar-refractivity contribution in [3.8, 4) is 6.07 Å². The third-order valence-corrected chi connectivity index (χ3v) is 3.26. The predicted molar refractivity (Wildman–Crippen MR) is 72.8 cm³/mol. The number of nitriles is 1. The molecule has 0 aliphatic carbocycles. The molecule has 0 aliphatic rings. The van der Waals surface area contributed by atoms with Gasteiger partial charge in [0.15, 0.2) is 11.3 Å². The first-order valence-electron chi connectivity index (χ1n) is 5.74. The summed E-state index contributed by atoms with van der Waals surface area (Å²) in [5.41, 5.74) is 2.03. The molecule has 3 aromatic rings. The number of fused-ring (bicyclic) bond motifs is 1. The normalized spacial score (nSPS) is 10.5. The second kappa shape index (κ2) is 4.71. The quantitative estimate of drug-likeness (QED) is 0.718. The fourth-order valence-corrected chi connectivity index (χ4v) is 2.19. The topological polar surface area (TPSA) is 54.5 Å². The van der Waals surface area contributed by atoms with E-state index in [9.17, 15) is 0 Å². The zero-order valence-electron chi connectivity index (χ0n) is 9.92. The van der Waals surface area contributed by atoms with Crippen LogP contribution in [0.2, 0.25) is 5.02 Å². The van der Waals surface area contributed by atoms with E-state index in [1.807, 2.05) is 30.3 Å². The minimum atomic E-state index is 0.384. The molecule has 0 saturated heterocycles. The number of aromatic nitrogens is 3. The van der Waals surface area contributed by atoms with Crippen LogP contribution in [0, 0.1) is 11.3 Å². The lowest BCUT2D eigenvalue weighted by Gasteiger charge is -2.04. The van der Waals surface area contributed by atoms with Crippen LogP contribution in [0.25, 0.3) is 11.0 Å². The molecule has 92 valence electrons. The summed E-state index contributed by atoms with van der Waals surface area (Å²) in [6.07, 6.45) is 1.69. The van der Waals surface area contributed by atoms with Gasteiger partial charge in [0.25, 0.3) is 0 Å². The summed E-state index contributed by atoms with van der Waals surface area (Å²) in [7, 11) is 0. The highest BCUT2D eigenvalue weighted by Crippen LogP contribution is 2.20. The highest BCUT2D eigenvalue weighted by atomic mass is 35.5. The molecule has 0 N–H and O–H groups in total. The summed E-state index contributed by atoms with van der Waals surface area (Å²) < 4.78 is 1.70. The SMILES string of the molecule is N#Cc1nn(Cc2ccccc2Cl)c2ncccc12. The van der Waals surface area contributed by atoms with Gasteiger partial charge in [0, 0.05) is 11.2 Å². The van der Waals surface area contributed by atoms with Gasteiger partial charge in [-0.15, -0.1) is 0 Å². The smallest absolute Gasteiger partial charge is 0.172 e. The summed E-state index contributed by atoms with van der Waals surface area (Å²) in [5, 5.41) is 14.8. The Hall–Kier alpha value is -2.38. The van der Waals surface area contributed by atoms with E-state index in [-0.39, 0.29) is 0 Å². The van der Waals surface area contributed by atoms with E-state index in [4.69, 9.17) is 16.9 Å². The third kappa shape index (κ3) is 2.05. The van der Waals surface area contributed by atoms with Crippen LogP contribution in [0.5, 0.6) is 0 Å². The Morgan fingerprint density at radius 2 is 2.05 bits per heavy atom. The van der Waals surface area contributed by atoms with Gasteiger partial charge in [-0.2, -0.15) is 10.4 Å². The number of rotatable bonds is 2. The van der Waals surface area contributed by atoms with Gasteiger partial charge in [-0.1, -0.05) is 29.8 Å². The van der Waals surface area contributed by atoms with Crippen LogP contribution in [0.3, 0.4) is 0 Å². The van der Waals surface area contributed by atoms with Gasteiger partial charge in [0.1, 0.15) is 6.07 Å². The Kier molecular flexibility index (Phi) is 2.90. The molecule has 0 atom stereocenters. The lowest BCUT2D eigenvalue weighted by atomic mass is 10.2. The van der Waals surface area contributed by atoms with Gasteiger partial charge in [-0.25, -0.2) is 9.67 Å². The number of hydrogen-bond acceptors (Lipinski definition) is 3. The minimum Gasteiger partial charge on any atom is -0.241 e. The van der Waals surface area contributed by atoms with Gasteiger partial charge < -0.3 is 0 Å². The second-order valence-electron chi connectivity index (χ2n) is 4.08. The van der Waals surface area contributed by atoms with Crippen molar-refractivity contribution < 1.29 is 0 Å². The summed E-state index contributed by atoms with van der Waals surface area (Å²) in [6.45, 7) is 0.495. The zero-order chi connectivity index (χ0) is 13.2. The molecule has 0 unspecified atom stereocenters. The molecular formula is C14H9ClN4. The first-order chi connectivity index (χ1) is 9.29. The van der Waals surface area contributed by atoms with Crippen LogP contribution in [0.4, 0.5) is 0 Å². The molecular weight excluding hydrogens is 260 g/mol. The molecule has 0 amide bonds. The zero-order valence-corrected chi connectivity index (χ0v) is 10.7. The molecule has 1 aromatic carbocycles. The monoisotopic (exact) mass is 268 g/mol. The second-order valence-corrected chi connectivity index (χ2v) is 4.49. The van der Waals surface area contributed by atoms with E-state index in [0.717, 1.165) is 10.9 Å². The first kappa shape index (κ1) is 11.7. The molecule has 3 rings (SSSR count). The number of halogens is 1. The summed E-state index contributed by atoms with van der Waals surface area (Å²) >= 11 is 6.14. The van der Waals surface area contributed by atoms with E-state index in [1.54, 1.807) is 16.9 Å². The van der Waals surface area contributed by atoms with E-state index in [2.05, 4.69) is 16.2 Å². The highest BCUT2D eigenvalue weighted by Gasteiger charge is 2.11. The van der Waals surface area contributed by atoms with Crippen LogP contribution in [-0.2, 0) is 6.54 Å². The van der Waals surface area contributed by atoms with Crippen LogP contribution >= 0.6 is 11.6 Å². The van der Waals surface area contributed by atoms with Crippen LogP contribution in [-0.4, -0.2) is 14.8 Å². The molecule has 2 aromatic heterocycles. The predicted octanol–water partition coefficient (Wildman–Crippen LogP) is 3.00. The molecule has 0 bridgehead atoms. The van der Waals surface area contributed by atoms with E-state index >= 15 is 0 Å². The van der Waals surface area contributed by atoms with Gasteiger partial charge in [0.05, 0.1) is 11.9 Å². The van der Waals surface area contributed by atoms with Crippen molar-refractivity contribution in [2.75, 3.05) is 0 Å². The largest absolute Gasteiger partial charge is 0.241 e. The molecule has 0 spiro atoms. The Morgan fingerprint density at radius 1 is 1.21 bits per heavy atom. The molecule has 0 fully saturated rings. The van der Waals surface area contributed by atoms with Crippen molar-refractivity contribution in [1.82, 2.24) is 14.8 Å². The van der Waals surface area contributed by atoms with Crippen molar-refractivity contribution in [3.63, 3.8) is 0 Å². The Morgan fingerprint density at radius 3 is 2.84 bits per heavy atom. The van der Waals surface area contributed by atoms with Crippen LogP contribution in [0.15, 0.2) is 42.6 Å². The Bertz CT molecular complexity index is 785. The fourth-order valence-electron chi connectivity index (χ4n) is 1.99. The maximum Gasteiger partial charge on any atom is 0.172 e. The summed E-state index contributed by atoms with van der Waals surface area (Å²) in [5.74, 6) is 0. The van der Waals surface area contributed by atoms with Crippen molar-refractivity contribution in [3.05, 3.63) is 58.9 Å². The molecule has 0 radical (unpaired) electrons. The number of benzene rings is 1. The molecule has 0 saturated carbocycles. The molecule has 0 aliphatic heterocycles. The van der Waals surface area contributed by atoms with Crippen molar-refractivity contribution in [2.24, 2.45) is 0 Å². The summed E-state index contributed by atoms with van der Waals surface area (Å²) in [4.78, 5) is 4.28. The number of pyridine rings is 1. The van der Waals surface area contributed by atoms with Gasteiger partial charge >= 0.3 is 0 Å². The number of hydrogen-bond donors (Lipinski definition) is 0. The maximum atomic E-state index is 9.09. The van der Waals surface area contributed by atoms with Gasteiger partial charge in [0.2, 0.25) is 0 Å². The maximum absolute atomic E-state index is 9.09. The van der Waals surface area contributed by atoms with Gasteiger partial charge in [-0.3, -0.25) is 0 Å². The average Bonchev–Trinajstić information content (AvgIpc) is 2.80. The van der Waals surface area contributed by atoms with E-state index in [1.165, 1.54) is 0 Å². The fraction of sp³-hybridized carbons (Fsp3) is 0.0714. The molecule has 2 heterocycles. The minimum absolute atomic E-state index is 0.384. The standard InChI is InChI=1S/C14H9ClN4/c15-12-6-2-1-4-10(12)9-19-14-11(5-3-7-17-14)13(8-16)18-19/h1-7H,9H2.